The molecule has 4 nitrogen and oxygen atoms in total. The summed E-state index contributed by atoms with van der Waals surface area (Å²) in [5, 5.41) is 6.91. The fourth-order valence-corrected chi connectivity index (χ4v) is 2.04. The molecule has 0 fully saturated rings. The van der Waals surface area contributed by atoms with E-state index in [1.54, 1.807) is 25.4 Å². The van der Waals surface area contributed by atoms with Gasteiger partial charge in [-0.15, -0.1) is 0 Å². The van der Waals surface area contributed by atoms with Crippen molar-refractivity contribution in [2.75, 3.05) is 20.3 Å². The second-order valence-electron chi connectivity index (χ2n) is 3.97. The number of hydrogen-bond acceptors (Lipinski definition) is 4. The number of rotatable bonds is 6. The van der Waals surface area contributed by atoms with Gasteiger partial charge in [0.2, 0.25) is 0 Å². The Morgan fingerprint density at radius 2 is 2.32 bits per heavy atom. The van der Waals surface area contributed by atoms with Crippen LogP contribution in [-0.2, 0) is 11.3 Å². The molecule has 1 N–H and O–H groups in total. The molecule has 0 aliphatic heterocycles. The molecular weight excluding hydrogens is 315 g/mol. The third-order valence-electron chi connectivity index (χ3n) is 2.62. The van der Waals surface area contributed by atoms with Gasteiger partial charge in [0.1, 0.15) is 5.82 Å². The van der Waals surface area contributed by atoms with Crippen LogP contribution in [0.15, 0.2) is 33.4 Å². The van der Waals surface area contributed by atoms with Crippen molar-refractivity contribution in [2.24, 2.45) is 0 Å². The highest BCUT2D eigenvalue weighted by Crippen LogP contribution is 2.28. The van der Waals surface area contributed by atoms with Crippen LogP contribution in [0, 0.1) is 5.82 Å². The summed E-state index contributed by atoms with van der Waals surface area (Å²) in [6.07, 6.45) is 1.59. The molecule has 0 saturated carbocycles. The summed E-state index contributed by atoms with van der Waals surface area (Å²) in [6, 6.07) is 4.71. The van der Waals surface area contributed by atoms with Gasteiger partial charge in [-0.05, 0) is 18.2 Å². The highest BCUT2D eigenvalue weighted by molar-refractivity contribution is 9.10. The van der Waals surface area contributed by atoms with Crippen molar-refractivity contribution >= 4 is 15.9 Å². The van der Waals surface area contributed by atoms with Gasteiger partial charge in [0, 0.05) is 30.2 Å². The van der Waals surface area contributed by atoms with Crippen molar-refractivity contribution in [3.05, 3.63) is 40.2 Å². The summed E-state index contributed by atoms with van der Waals surface area (Å²) in [5.41, 5.74) is 1.21. The van der Waals surface area contributed by atoms with Crippen LogP contribution >= 0.6 is 15.9 Å². The van der Waals surface area contributed by atoms with Crippen LogP contribution in [0.1, 0.15) is 5.56 Å². The molecule has 0 spiro atoms. The molecule has 1 heterocycles. The van der Waals surface area contributed by atoms with Gasteiger partial charge in [-0.3, -0.25) is 0 Å². The summed E-state index contributed by atoms with van der Waals surface area (Å²) in [4.78, 5) is 0. The molecule has 0 unspecified atom stereocenters. The first-order valence-electron chi connectivity index (χ1n) is 5.81. The fraction of sp³-hybridized carbons (Fsp3) is 0.308. The zero-order valence-electron chi connectivity index (χ0n) is 10.5. The van der Waals surface area contributed by atoms with E-state index in [1.807, 2.05) is 0 Å². The number of nitrogens with zero attached hydrogens (tertiary/aromatic N) is 1. The van der Waals surface area contributed by atoms with E-state index in [1.165, 1.54) is 6.07 Å². The van der Waals surface area contributed by atoms with E-state index in [0.29, 0.717) is 31.0 Å². The van der Waals surface area contributed by atoms with Crippen molar-refractivity contribution in [3.8, 4) is 11.3 Å². The minimum absolute atomic E-state index is 0.335. The van der Waals surface area contributed by atoms with E-state index in [0.717, 1.165) is 10.0 Å². The summed E-state index contributed by atoms with van der Waals surface area (Å²) < 4.78 is 24.7. The lowest BCUT2D eigenvalue weighted by atomic mass is 10.1. The van der Waals surface area contributed by atoms with Crippen molar-refractivity contribution in [3.63, 3.8) is 0 Å². The molecule has 2 rings (SSSR count). The Balaban J connectivity index is 2.16. The molecule has 0 bridgehead atoms. The number of ether oxygens (including phenoxy) is 1. The van der Waals surface area contributed by atoms with Gasteiger partial charge in [0.15, 0.2) is 5.76 Å². The lowest BCUT2D eigenvalue weighted by Gasteiger charge is -2.05. The Morgan fingerprint density at radius 3 is 3.11 bits per heavy atom. The van der Waals surface area contributed by atoms with Crippen LogP contribution in [0.25, 0.3) is 11.3 Å². The fourth-order valence-electron chi connectivity index (χ4n) is 1.68. The van der Waals surface area contributed by atoms with Crippen LogP contribution in [0.3, 0.4) is 0 Å². The molecule has 6 heteroatoms. The molecule has 0 atom stereocenters. The van der Waals surface area contributed by atoms with E-state index in [-0.39, 0.29) is 5.82 Å². The number of benzene rings is 1. The molecule has 19 heavy (non-hydrogen) atoms. The summed E-state index contributed by atoms with van der Waals surface area (Å²) in [5.74, 6) is 0.113. The van der Waals surface area contributed by atoms with E-state index in [2.05, 4.69) is 26.4 Å². The largest absolute Gasteiger partial charge is 0.383 e. The van der Waals surface area contributed by atoms with Crippen molar-refractivity contribution in [1.82, 2.24) is 10.5 Å². The molecule has 102 valence electrons. The zero-order valence-corrected chi connectivity index (χ0v) is 12.0. The highest BCUT2D eigenvalue weighted by Gasteiger charge is 2.15. The average molecular weight is 329 g/mol. The Hall–Kier alpha value is -1.24. The predicted molar refractivity (Wildman–Crippen MR) is 73.2 cm³/mol. The van der Waals surface area contributed by atoms with Gasteiger partial charge in [0.25, 0.3) is 0 Å². The second-order valence-corrected chi connectivity index (χ2v) is 4.89. The monoisotopic (exact) mass is 328 g/mol. The molecular formula is C13H14BrFN2O2. The van der Waals surface area contributed by atoms with E-state index >= 15 is 0 Å². The predicted octanol–water partition coefficient (Wildman–Crippen LogP) is 2.98. The van der Waals surface area contributed by atoms with Gasteiger partial charge in [0.05, 0.1) is 18.4 Å². The van der Waals surface area contributed by atoms with E-state index in [4.69, 9.17) is 9.26 Å². The maximum atomic E-state index is 13.8. The number of halogens is 2. The van der Waals surface area contributed by atoms with Crippen LogP contribution in [-0.4, -0.2) is 25.4 Å². The van der Waals surface area contributed by atoms with Crippen LogP contribution in [0.2, 0.25) is 0 Å². The summed E-state index contributed by atoms with van der Waals surface area (Å²) in [6.45, 7) is 1.88. The Kier molecular flexibility index (Phi) is 5.07. The van der Waals surface area contributed by atoms with Gasteiger partial charge in [-0.2, -0.15) is 0 Å². The minimum Gasteiger partial charge on any atom is -0.383 e. The molecule has 0 saturated heterocycles. The highest BCUT2D eigenvalue weighted by atomic mass is 79.9. The SMILES string of the molecule is COCCNCc1cnoc1-c1cc(Br)ccc1F. The second kappa shape index (κ2) is 6.79. The Labute approximate surface area is 119 Å². The summed E-state index contributed by atoms with van der Waals surface area (Å²) in [7, 11) is 1.64. The molecule has 1 aromatic heterocycles. The Morgan fingerprint density at radius 1 is 1.47 bits per heavy atom. The normalized spacial score (nSPS) is 10.9. The van der Waals surface area contributed by atoms with Crippen molar-refractivity contribution in [1.29, 1.82) is 0 Å². The van der Waals surface area contributed by atoms with Gasteiger partial charge >= 0.3 is 0 Å². The molecule has 0 aliphatic rings. The molecule has 1 aromatic carbocycles. The average Bonchev–Trinajstić information content (AvgIpc) is 2.86. The summed E-state index contributed by atoms with van der Waals surface area (Å²) >= 11 is 3.32. The lowest BCUT2D eigenvalue weighted by Crippen LogP contribution is -2.18. The number of methoxy groups -OCH3 is 1. The number of nitrogens with one attached hydrogen (secondary N) is 1. The maximum absolute atomic E-state index is 13.8. The zero-order chi connectivity index (χ0) is 13.7. The Bertz CT molecular complexity index is 545. The smallest absolute Gasteiger partial charge is 0.174 e. The first-order chi connectivity index (χ1) is 9.22. The van der Waals surface area contributed by atoms with Crippen LogP contribution in [0.5, 0.6) is 0 Å². The lowest BCUT2D eigenvalue weighted by molar-refractivity contribution is 0.199. The minimum atomic E-state index is -0.335. The third-order valence-corrected chi connectivity index (χ3v) is 3.11. The van der Waals surface area contributed by atoms with Crippen LogP contribution in [0.4, 0.5) is 4.39 Å². The first-order valence-corrected chi connectivity index (χ1v) is 6.60. The van der Waals surface area contributed by atoms with Crippen LogP contribution < -0.4 is 5.32 Å². The molecule has 0 aliphatic carbocycles. The number of hydrogen-bond donors (Lipinski definition) is 1. The topological polar surface area (TPSA) is 47.3 Å². The van der Waals surface area contributed by atoms with Crippen molar-refractivity contribution in [2.45, 2.75) is 6.54 Å². The molecule has 0 radical (unpaired) electrons. The van der Waals surface area contributed by atoms with Gasteiger partial charge in [-0.25, -0.2) is 4.39 Å². The third kappa shape index (κ3) is 3.62. The molecule has 2 aromatic rings. The van der Waals surface area contributed by atoms with Crippen molar-refractivity contribution < 1.29 is 13.7 Å². The maximum Gasteiger partial charge on any atom is 0.174 e. The molecule has 0 amide bonds. The first kappa shape index (κ1) is 14.2. The van der Waals surface area contributed by atoms with E-state index in [9.17, 15) is 4.39 Å². The standard InChI is InChI=1S/C13H14BrFN2O2/c1-18-5-4-16-7-9-8-17-19-13(9)11-6-10(14)2-3-12(11)15/h2-3,6,8,16H,4-5,7H2,1H3. The quantitative estimate of drug-likeness (QED) is 0.828. The van der Waals surface area contributed by atoms with E-state index < -0.39 is 0 Å². The van der Waals surface area contributed by atoms with Gasteiger partial charge < -0.3 is 14.6 Å². The van der Waals surface area contributed by atoms with Gasteiger partial charge in [-0.1, -0.05) is 21.1 Å². The number of aromatic nitrogens is 1.